The van der Waals surface area contributed by atoms with E-state index in [1.807, 2.05) is 24.3 Å². The van der Waals surface area contributed by atoms with Gasteiger partial charge in [0.1, 0.15) is 18.0 Å². The largest absolute Gasteiger partial charge is 0.481 e. The van der Waals surface area contributed by atoms with E-state index in [-0.39, 0.29) is 0 Å². The molecule has 1 aromatic carbocycles. The minimum absolute atomic E-state index is 0.305. The van der Waals surface area contributed by atoms with Gasteiger partial charge in [-0.05, 0) is 31.3 Å². The minimum atomic E-state index is -0.838. The fourth-order valence-electron chi connectivity index (χ4n) is 1.96. The van der Waals surface area contributed by atoms with E-state index >= 15 is 0 Å². The van der Waals surface area contributed by atoms with Crippen LogP contribution in [0, 0.1) is 11.8 Å². The zero-order valence-electron chi connectivity index (χ0n) is 11.0. The van der Waals surface area contributed by atoms with Gasteiger partial charge in [-0.25, -0.2) is 0 Å². The van der Waals surface area contributed by atoms with Gasteiger partial charge in [0, 0.05) is 30.4 Å². The molecule has 0 amide bonds. The van der Waals surface area contributed by atoms with Gasteiger partial charge in [-0.3, -0.25) is 0 Å². The van der Waals surface area contributed by atoms with Crippen molar-refractivity contribution in [3.8, 4) is 17.6 Å². The van der Waals surface area contributed by atoms with Gasteiger partial charge in [-0.15, -0.1) is 0 Å². The average molecular weight is 324 g/mol. The molecule has 0 aliphatic carbocycles. The number of aliphatic hydroxyl groups is 1. The number of likely N-dealkylation sites (tertiary alicyclic amines) is 1. The maximum Gasteiger partial charge on any atom is 0.149 e. The number of piperidine rings is 1. The first-order valence-electron chi connectivity index (χ1n) is 6.37. The molecule has 0 radical (unpaired) electrons. The van der Waals surface area contributed by atoms with Crippen LogP contribution < -0.4 is 4.74 Å². The number of nitrogens with zero attached hydrogens (tertiary/aromatic N) is 1. The number of hydrogen-bond acceptors (Lipinski definition) is 3. The van der Waals surface area contributed by atoms with Crippen LogP contribution in [0.5, 0.6) is 5.75 Å². The molecule has 1 aliphatic heterocycles. The van der Waals surface area contributed by atoms with Crippen LogP contribution in [-0.2, 0) is 0 Å². The van der Waals surface area contributed by atoms with E-state index in [1.165, 1.54) is 0 Å². The Kier molecular flexibility index (Phi) is 4.87. The number of benzene rings is 1. The zero-order valence-corrected chi connectivity index (χ0v) is 12.6. The third-order valence-corrected chi connectivity index (χ3v) is 3.79. The van der Waals surface area contributed by atoms with Gasteiger partial charge in [0.15, 0.2) is 0 Å². The second-order valence-electron chi connectivity index (χ2n) is 4.88. The zero-order chi connectivity index (χ0) is 13.7. The first-order chi connectivity index (χ1) is 9.07. The predicted octanol–water partition coefficient (Wildman–Crippen LogP) is 2.29. The van der Waals surface area contributed by atoms with Crippen LogP contribution in [0.3, 0.4) is 0 Å². The lowest BCUT2D eigenvalue weighted by atomic mass is 9.92. The van der Waals surface area contributed by atoms with Crippen LogP contribution in [0.2, 0.25) is 0 Å². The van der Waals surface area contributed by atoms with Crippen LogP contribution in [0.4, 0.5) is 0 Å². The maximum absolute atomic E-state index is 10.3. The van der Waals surface area contributed by atoms with Gasteiger partial charge in [0.05, 0.1) is 0 Å². The molecular weight excluding hydrogens is 306 g/mol. The first-order valence-corrected chi connectivity index (χ1v) is 7.16. The van der Waals surface area contributed by atoms with Crippen LogP contribution in [0.25, 0.3) is 0 Å². The van der Waals surface area contributed by atoms with Gasteiger partial charge in [-0.1, -0.05) is 27.8 Å². The Morgan fingerprint density at radius 2 is 1.95 bits per heavy atom. The van der Waals surface area contributed by atoms with Crippen LogP contribution in [-0.4, -0.2) is 42.4 Å². The third-order valence-electron chi connectivity index (χ3n) is 3.26. The summed E-state index contributed by atoms with van der Waals surface area (Å²) < 4.78 is 6.52. The van der Waals surface area contributed by atoms with Crippen molar-refractivity contribution in [3.63, 3.8) is 0 Å². The molecule has 0 saturated carbocycles. The Bertz CT molecular complexity index is 467. The lowest BCUT2D eigenvalue weighted by Crippen LogP contribution is -2.41. The monoisotopic (exact) mass is 323 g/mol. The predicted molar refractivity (Wildman–Crippen MR) is 79.1 cm³/mol. The summed E-state index contributed by atoms with van der Waals surface area (Å²) in [4.78, 5) is 2.20. The van der Waals surface area contributed by atoms with Crippen molar-refractivity contribution in [1.29, 1.82) is 0 Å². The van der Waals surface area contributed by atoms with Gasteiger partial charge in [-0.2, -0.15) is 0 Å². The Labute approximate surface area is 122 Å². The number of ether oxygens (including phenoxy) is 1. The van der Waals surface area contributed by atoms with Crippen molar-refractivity contribution in [1.82, 2.24) is 4.90 Å². The van der Waals surface area contributed by atoms with Crippen molar-refractivity contribution in [2.75, 3.05) is 26.7 Å². The molecule has 0 bridgehead atoms. The highest BCUT2D eigenvalue weighted by Crippen LogP contribution is 2.20. The first kappa shape index (κ1) is 14.4. The minimum Gasteiger partial charge on any atom is -0.481 e. The molecule has 1 aliphatic rings. The lowest BCUT2D eigenvalue weighted by Gasteiger charge is -2.32. The van der Waals surface area contributed by atoms with Gasteiger partial charge in [0.25, 0.3) is 0 Å². The highest BCUT2D eigenvalue weighted by atomic mass is 79.9. The Balaban J connectivity index is 1.82. The quantitative estimate of drug-likeness (QED) is 0.848. The van der Waals surface area contributed by atoms with E-state index in [0.717, 1.165) is 23.3 Å². The van der Waals surface area contributed by atoms with E-state index in [1.54, 1.807) is 0 Å². The molecule has 0 spiro atoms. The third kappa shape index (κ3) is 4.54. The molecule has 4 heteroatoms. The lowest BCUT2D eigenvalue weighted by molar-refractivity contribution is 0.0348. The van der Waals surface area contributed by atoms with E-state index in [0.29, 0.717) is 19.4 Å². The van der Waals surface area contributed by atoms with Crippen molar-refractivity contribution in [2.24, 2.45) is 0 Å². The van der Waals surface area contributed by atoms with Crippen LogP contribution in [0.1, 0.15) is 12.8 Å². The summed E-state index contributed by atoms with van der Waals surface area (Å²) in [6.07, 6.45) is 1.41. The Morgan fingerprint density at radius 1 is 1.32 bits per heavy atom. The molecule has 0 unspecified atom stereocenters. The van der Waals surface area contributed by atoms with Crippen molar-refractivity contribution in [3.05, 3.63) is 28.7 Å². The summed E-state index contributed by atoms with van der Waals surface area (Å²) in [5.41, 5.74) is -0.838. The fourth-order valence-corrected chi connectivity index (χ4v) is 2.23. The van der Waals surface area contributed by atoms with Crippen molar-refractivity contribution in [2.45, 2.75) is 18.4 Å². The SMILES string of the molecule is CN1CCC(O)(C#CCOc2ccc(Br)cc2)CC1. The average Bonchev–Trinajstić information content (AvgIpc) is 2.41. The standard InChI is InChI=1S/C15H18BrNO2/c1-17-10-8-15(18,9-11-17)7-2-12-19-14-5-3-13(16)4-6-14/h3-6,18H,8-12H2,1H3. The maximum atomic E-state index is 10.3. The van der Waals surface area contributed by atoms with Gasteiger partial charge in [0.2, 0.25) is 0 Å². The molecular formula is C15H18BrNO2. The normalized spacial score (nSPS) is 18.5. The summed E-state index contributed by atoms with van der Waals surface area (Å²) in [5, 5.41) is 10.3. The Hall–Kier alpha value is -1.02. The number of halogens is 1. The molecule has 1 fully saturated rings. The highest BCUT2D eigenvalue weighted by molar-refractivity contribution is 9.10. The molecule has 0 aromatic heterocycles. The summed E-state index contributed by atoms with van der Waals surface area (Å²) in [5.74, 6) is 6.65. The van der Waals surface area contributed by atoms with E-state index in [9.17, 15) is 5.11 Å². The summed E-state index contributed by atoms with van der Waals surface area (Å²) >= 11 is 3.37. The second kappa shape index (κ2) is 6.42. The highest BCUT2D eigenvalue weighted by Gasteiger charge is 2.28. The van der Waals surface area contributed by atoms with Gasteiger partial charge < -0.3 is 14.7 Å². The smallest absolute Gasteiger partial charge is 0.149 e. The molecule has 2 rings (SSSR count). The Morgan fingerprint density at radius 3 is 2.58 bits per heavy atom. The van der Waals surface area contributed by atoms with Crippen LogP contribution in [0.15, 0.2) is 28.7 Å². The molecule has 1 aromatic rings. The van der Waals surface area contributed by atoms with E-state index in [4.69, 9.17) is 4.74 Å². The molecule has 1 heterocycles. The van der Waals surface area contributed by atoms with Crippen molar-refractivity contribution < 1.29 is 9.84 Å². The fraction of sp³-hybridized carbons (Fsp3) is 0.467. The van der Waals surface area contributed by atoms with Crippen LogP contribution >= 0.6 is 15.9 Å². The van der Waals surface area contributed by atoms with Gasteiger partial charge >= 0.3 is 0 Å². The topological polar surface area (TPSA) is 32.7 Å². The van der Waals surface area contributed by atoms with Crippen molar-refractivity contribution >= 4 is 15.9 Å². The van der Waals surface area contributed by atoms with E-state index < -0.39 is 5.60 Å². The van der Waals surface area contributed by atoms with E-state index in [2.05, 4.69) is 39.7 Å². The number of rotatable bonds is 2. The summed E-state index contributed by atoms with van der Waals surface area (Å²) in [6.45, 7) is 2.08. The molecule has 1 saturated heterocycles. The second-order valence-corrected chi connectivity index (χ2v) is 5.79. The molecule has 3 nitrogen and oxygen atoms in total. The molecule has 0 atom stereocenters. The summed E-state index contributed by atoms with van der Waals surface area (Å²) in [6, 6.07) is 7.62. The molecule has 19 heavy (non-hydrogen) atoms. The summed E-state index contributed by atoms with van der Waals surface area (Å²) in [7, 11) is 2.06. The molecule has 1 N–H and O–H groups in total. The number of hydrogen-bond donors (Lipinski definition) is 1. The molecule has 102 valence electrons.